The highest BCUT2D eigenvalue weighted by molar-refractivity contribution is 5.67. The van der Waals surface area contributed by atoms with E-state index in [1.54, 1.807) is 6.92 Å². The molecule has 0 saturated heterocycles. The molecule has 0 saturated carbocycles. The van der Waals surface area contributed by atoms with Gasteiger partial charge in [-0.05, 0) is 31.0 Å². The zero-order valence-corrected chi connectivity index (χ0v) is 10.9. The van der Waals surface area contributed by atoms with Crippen LogP contribution in [0, 0.1) is 0 Å². The molecule has 0 aromatic heterocycles. The third kappa shape index (κ3) is 3.29. The Kier molecular flexibility index (Phi) is 4.11. The van der Waals surface area contributed by atoms with Crippen molar-refractivity contribution >= 4 is 6.09 Å². The van der Waals surface area contributed by atoms with E-state index in [4.69, 9.17) is 9.47 Å². The van der Waals surface area contributed by atoms with Crippen molar-refractivity contribution in [2.24, 2.45) is 0 Å². The molecule has 6 heteroatoms. The summed E-state index contributed by atoms with van der Waals surface area (Å²) in [6, 6.07) is 5.11. The second-order valence-electron chi connectivity index (χ2n) is 4.37. The molecule has 1 aromatic carbocycles. The number of methoxy groups -OCH3 is 1. The Morgan fingerprint density at radius 1 is 1.47 bits per heavy atom. The molecule has 2 N–H and O–H groups in total. The van der Waals surface area contributed by atoms with Gasteiger partial charge in [-0.1, -0.05) is 6.07 Å². The van der Waals surface area contributed by atoms with Crippen LogP contribution in [0.4, 0.5) is 4.79 Å². The Balaban J connectivity index is 2.06. The zero-order valence-electron chi connectivity index (χ0n) is 10.9. The first-order chi connectivity index (χ1) is 9.10. The number of nitrogens with one attached hydrogen (secondary N) is 1. The Hall–Kier alpha value is -1.95. The van der Waals surface area contributed by atoms with Crippen LogP contribution in [-0.4, -0.2) is 37.2 Å². The lowest BCUT2D eigenvalue weighted by molar-refractivity contribution is 0.125. The molecule has 0 radical (unpaired) electrons. The Labute approximate surface area is 111 Å². The number of fused-ring (bicyclic) bond motifs is 1. The lowest BCUT2D eigenvalue weighted by atomic mass is 10.0. The molecule has 2 atom stereocenters. The van der Waals surface area contributed by atoms with Crippen LogP contribution in [0.5, 0.6) is 11.5 Å². The van der Waals surface area contributed by atoms with Crippen molar-refractivity contribution in [1.29, 1.82) is 0 Å². The van der Waals surface area contributed by atoms with Crippen LogP contribution in [0.1, 0.15) is 12.5 Å². The molecular formula is C13H17NO5. The van der Waals surface area contributed by atoms with Gasteiger partial charge in [-0.3, -0.25) is 0 Å². The highest BCUT2D eigenvalue weighted by Crippen LogP contribution is 2.32. The standard InChI is InChI=1S/C13H17NO5/c1-8(15)10(14-13(16)17-2)5-9-3-4-11-12(6-9)19-7-18-11/h3-4,6,8,10,15H,5,7H2,1-2H3,(H,14,16)/t8?,10-/m0/s1. The van der Waals surface area contributed by atoms with Crippen molar-refractivity contribution < 1.29 is 24.1 Å². The third-order valence-corrected chi connectivity index (χ3v) is 2.96. The van der Waals surface area contributed by atoms with E-state index in [-0.39, 0.29) is 6.79 Å². The van der Waals surface area contributed by atoms with Crippen molar-refractivity contribution in [3.8, 4) is 11.5 Å². The second-order valence-corrected chi connectivity index (χ2v) is 4.37. The van der Waals surface area contributed by atoms with E-state index in [1.807, 2.05) is 18.2 Å². The van der Waals surface area contributed by atoms with Crippen molar-refractivity contribution in [3.05, 3.63) is 23.8 Å². The predicted molar refractivity (Wildman–Crippen MR) is 67.3 cm³/mol. The average molecular weight is 267 g/mol. The van der Waals surface area contributed by atoms with Gasteiger partial charge >= 0.3 is 6.09 Å². The number of aliphatic hydroxyl groups excluding tert-OH is 1. The van der Waals surface area contributed by atoms with Crippen molar-refractivity contribution in [2.75, 3.05) is 13.9 Å². The minimum absolute atomic E-state index is 0.221. The normalized spacial score (nSPS) is 15.7. The SMILES string of the molecule is COC(=O)N[C@@H](Cc1ccc2c(c1)OCO2)C(C)O. The minimum atomic E-state index is -0.690. The lowest BCUT2D eigenvalue weighted by Gasteiger charge is -2.20. The van der Waals surface area contributed by atoms with Crippen LogP contribution in [-0.2, 0) is 11.2 Å². The molecule has 1 aromatic rings. The highest BCUT2D eigenvalue weighted by atomic mass is 16.7. The quantitative estimate of drug-likeness (QED) is 0.853. The summed E-state index contributed by atoms with van der Waals surface area (Å²) >= 11 is 0. The first-order valence-electron chi connectivity index (χ1n) is 6.01. The van der Waals surface area contributed by atoms with Gasteiger partial charge in [0.25, 0.3) is 0 Å². The van der Waals surface area contributed by atoms with Gasteiger partial charge in [0.15, 0.2) is 11.5 Å². The minimum Gasteiger partial charge on any atom is -0.454 e. The van der Waals surface area contributed by atoms with Crippen LogP contribution in [0.3, 0.4) is 0 Å². The molecule has 104 valence electrons. The molecule has 1 heterocycles. The number of aliphatic hydroxyl groups is 1. The smallest absolute Gasteiger partial charge is 0.407 e. The monoisotopic (exact) mass is 267 g/mol. The van der Waals surface area contributed by atoms with E-state index in [1.165, 1.54) is 7.11 Å². The van der Waals surface area contributed by atoms with E-state index in [9.17, 15) is 9.90 Å². The van der Waals surface area contributed by atoms with Crippen LogP contribution in [0.25, 0.3) is 0 Å². The maximum Gasteiger partial charge on any atom is 0.407 e. The molecule has 1 amide bonds. The second kappa shape index (κ2) is 5.79. The summed E-state index contributed by atoms with van der Waals surface area (Å²) in [6.45, 7) is 1.84. The van der Waals surface area contributed by atoms with E-state index < -0.39 is 18.2 Å². The van der Waals surface area contributed by atoms with Gasteiger partial charge in [0, 0.05) is 0 Å². The fourth-order valence-electron chi connectivity index (χ4n) is 1.87. The fourth-order valence-corrected chi connectivity index (χ4v) is 1.87. The number of hydrogen-bond acceptors (Lipinski definition) is 5. The summed E-state index contributed by atoms with van der Waals surface area (Å²) in [7, 11) is 1.29. The summed E-state index contributed by atoms with van der Waals surface area (Å²) in [5, 5.41) is 12.3. The topological polar surface area (TPSA) is 77.0 Å². The summed E-state index contributed by atoms with van der Waals surface area (Å²) in [5.74, 6) is 1.39. The van der Waals surface area contributed by atoms with Crippen molar-refractivity contribution in [3.63, 3.8) is 0 Å². The molecular weight excluding hydrogens is 250 g/mol. The molecule has 2 rings (SSSR count). The summed E-state index contributed by atoms with van der Waals surface area (Å²) < 4.78 is 15.0. The Morgan fingerprint density at radius 2 is 2.21 bits per heavy atom. The lowest BCUT2D eigenvalue weighted by Crippen LogP contribution is -2.43. The summed E-state index contributed by atoms with van der Waals surface area (Å²) in [4.78, 5) is 11.2. The Bertz CT molecular complexity index is 460. The number of hydrogen-bond donors (Lipinski definition) is 2. The molecule has 0 bridgehead atoms. The van der Waals surface area contributed by atoms with Gasteiger partial charge in [0.05, 0.1) is 19.3 Å². The maximum atomic E-state index is 11.2. The number of alkyl carbamates (subject to hydrolysis) is 1. The van der Waals surface area contributed by atoms with E-state index in [0.717, 1.165) is 5.56 Å². The van der Waals surface area contributed by atoms with E-state index >= 15 is 0 Å². The van der Waals surface area contributed by atoms with Gasteiger partial charge in [-0.15, -0.1) is 0 Å². The number of ether oxygens (including phenoxy) is 3. The highest BCUT2D eigenvalue weighted by Gasteiger charge is 2.20. The Morgan fingerprint density at radius 3 is 2.89 bits per heavy atom. The van der Waals surface area contributed by atoms with Crippen molar-refractivity contribution in [1.82, 2.24) is 5.32 Å². The number of amides is 1. The average Bonchev–Trinajstić information content (AvgIpc) is 2.85. The van der Waals surface area contributed by atoms with Gasteiger partial charge in [-0.2, -0.15) is 0 Å². The molecule has 1 aliphatic rings. The van der Waals surface area contributed by atoms with Gasteiger partial charge in [0.1, 0.15) is 0 Å². The van der Waals surface area contributed by atoms with Crippen LogP contribution in [0.2, 0.25) is 0 Å². The number of carbonyl (C=O) groups excluding carboxylic acids is 1. The molecule has 6 nitrogen and oxygen atoms in total. The largest absolute Gasteiger partial charge is 0.454 e. The third-order valence-electron chi connectivity index (χ3n) is 2.96. The molecule has 1 unspecified atom stereocenters. The van der Waals surface area contributed by atoms with E-state index in [2.05, 4.69) is 10.1 Å². The fraction of sp³-hybridized carbons (Fsp3) is 0.462. The molecule has 19 heavy (non-hydrogen) atoms. The summed E-state index contributed by atoms with van der Waals surface area (Å²) in [5.41, 5.74) is 0.937. The molecule has 0 aliphatic carbocycles. The maximum absolute atomic E-state index is 11.2. The number of rotatable bonds is 4. The number of carbonyl (C=O) groups is 1. The summed E-state index contributed by atoms with van der Waals surface area (Å²) in [6.07, 6.45) is -0.778. The van der Waals surface area contributed by atoms with E-state index in [0.29, 0.717) is 17.9 Å². The van der Waals surface area contributed by atoms with Crippen LogP contribution >= 0.6 is 0 Å². The molecule has 0 fully saturated rings. The molecule has 0 spiro atoms. The number of benzene rings is 1. The van der Waals surface area contributed by atoms with Crippen LogP contribution in [0.15, 0.2) is 18.2 Å². The van der Waals surface area contributed by atoms with Gasteiger partial charge in [0.2, 0.25) is 6.79 Å². The van der Waals surface area contributed by atoms with Crippen LogP contribution < -0.4 is 14.8 Å². The first kappa shape index (κ1) is 13.5. The first-order valence-corrected chi connectivity index (χ1v) is 6.01. The predicted octanol–water partition coefficient (Wildman–Crippen LogP) is 1.06. The van der Waals surface area contributed by atoms with Gasteiger partial charge < -0.3 is 24.6 Å². The van der Waals surface area contributed by atoms with Crippen molar-refractivity contribution in [2.45, 2.75) is 25.5 Å². The zero-order chi connectivity index (χ0) is 13.8. The van der Waals surface area contributed by atoms with Gasteiger partial charge in [-0.25, -0.2) is 4.79 Å². The molecule has 1 aliphatic heterocycles.